The molecule has 2 heterocycles. The molecule has 1 saturated heterocycles. The summed E-state index contributed by atoms with van der Waals surface area (Å²) in [4.78, 5) is 19.5. The van der Waals surface area contributed by atoms with Crippen LogP contribution in [0.3, 0.4) is 0 Å². The van der Waals surface area contributed by atoms with Crippen molar-refractivity contribution in [2.45, 2.75) is 57.8 Å². The Hall–Kier alpha value is -1.41. The summed E-state index contributed by atoms with van der Waals surface area (Å²) in [6.07, 6.45) is 6.55. The minimum Gasteiger partial charge on any atom is -0.341 e. The molecule has 1 aliphatic heterocycles. The van der Waals surface area contributed by atoms with E-state index in [1.165, 1.54) is 0 Å². The molecule has 1 unspecified atom stereocenters. The lowest BCUT2D eigenvalue weighted by molar-refractivity contribution is -0.140. The van der Waals surface area contributed by atoms with E-state index in [1.807, 2.05) is 4.90 Å². The third-order valence-electron chi connectivity index (χ3n) is 5.07. The average molecular weight is 317 g/mol. The first-order valence-electron chi connectivity index (χ1n) is 8.33. The molecule has 3 rings (SSSR count). The SMILES string of the molecule is CCc1csc(C2CCCN(C(=O)C3(C#N)CCCC3)C2)n1. The summed E-state index contributed by atoms with van der Waals surface area (Å²) in [6.45, 7) is 3.65. The maximum absolute atomic E-state index is 12.9. The first-order chi connectivity index (χ1) is 10.7. The standard InChI is InChI=1S/C17H23N3OS/c1-2-14-11-22-15(19-14)13-6-5-9-20(10-13)16(21)17(12-18)7-3-4-8-17/h11,13H,2-10H2,1H3. The lowest BCUT2D eigenvalue weighted by atomic mass is 9.85. The minimum atomic E-state index is -0.737. The van der Waals surface area contributed by atoms with Gasteiger partial charge in [0.2, 0.25) is 5.91 Å². The Morgan fingerprint density at radius 1 is 1.50 bits per heavy atom. The summed E-state index contributed by atoms with van der Waals surface area (Å²) >= 11 is 1.72. The Balaban J connectivity index is 1.72. The van der Waals surface area contributed by atoms with E-state index in [0.717, 1.165) is 68.7 Å². The van der Waals surface area contributed by atoms with Crippen molar-refractivity contribution in [1.82, 2.24) is 9.88 Å². The second-order valence-corrected chi connectivity index (χ2v) is 7.41. The molecule has 22 heavy (non-hydrogen) atoms. The van der Waals surface area contributed by atoms with Gasteiger partial charge in [0.15, 0.2) is 0 Å². The van der Waals surface area contributed by atoms with Crippen molar-refractivity contribution in [1.29, 1.82) is 5.26 Å². The first-order valence-corrected chi connectivity index (χ1v) is 9.21. The lowest BCUT2D eigenvalue weighted by Gasteiger charge is -2.35. The van der Waals surface area contributed by atoms with Crippen molar-refractivity contribution in [2.24, 2.45) is 5.41 Å². The molecule has 2 aliphatic rings. The summed E-state index contributed by atoms with van der Waals surface area (Å²) in [6, 6.07) is 2.34. The molecule has 5 heteroatoms. The van der Waals surface area contributed by atoms with E-state index in [1.54, 1.807) is 11.3 Å². The van der Waals surface area contributed by atoms with Gasteiger partial charge < -0.3 is 4.90 Å². The maximum Gasteiger partial charge on any atom is 0.243 e. The van der Waals surface area contributed by atoms with Crippen molar-refractivity contribution in [2.75, 3.05) is 13.1 Å². The number of hydrogen-bond donors (Lipinski definition) is 0. The van der Waals surface area contributed by atoms with Crippen LogP contribution in [0.1, 0.15) is 62.1 Å². The molecule has 1 aromatic rings. The number of aryl methyl sites for hydroxylation is 1. The largest absolute Gasteiger partial charge is 0.341 e. The van der Waals surface area contributed by atoms with E-state index >= 15 is 0 Å². The van der Waals surface area contributed by atoms with Gasteiger partial charge in [-0.2, -0.15) is 5.26 Å². The minimum absolute atomic E-state index is 0.0736. The Labute approximate surface area is 136 Å². The van der Waals surface area contributed by atoms with E-state index in [-0.39, 0.29) is 5.91 Å². The molecule has 1 amide bonds. The maximum atomic E-state index is 12.9. The van der Waals surface area contributed by atoms with Gasteiger partial charge in [-0.15, -0.1) is 11.3 Å². The predicted octanol–water partition coefficient (Wildman–Crippen LogP) is 3.50. The molecule has 118 valence electrons. The number of carbonyl (C=O) groups is 1. The third kappa shape index (κ3) is 2.77. The summed E-state index contributed by atoms with van der Waals surface area (Å²) in [5.41, 5.74) is 0.409. The van der Waals surface area contributed by atoms with Crippen molar-refractivity contribution in [3.63, 3.8) is 0 Å². The van der Waals surface area contributed by atoms with E-state index in [4.69, 9.17) is 4.98 Å². The molecule has 2 fully saturated rings. The highest BCUT2D eigenvalue weighted by Crippen LogP contribution is 2.40. The van der Waals surface area contributed by atoms with E-state index in [9.17, 15) is 10.1 Å². The number of rotatable bonds is 3. The third-order valence-corrected chi connectivity index (χ3v) is 6.13. The van der Waals surface area contributed by atoms with Gasteiger partial charge in [0.1, 0.15) is 5.41 Å². The molecule has 1 aliphatic carbocycles. The van der Waals surface area contributed by atoms with Gasteiger partial charge in [-0.05, 0) is 32.1 Å². The Kier molecular flexibility index (Phi) is 4.49. The topological polar surface area (TPSA) is 57.0 Å². The molecule has 0 radical (unpaired) electrons. The zero-order valence-corrected chi connectivity index (χ0v) is 14.0. The van der Waals surface area contributed by atoms with E-state index < -0.39 is 5.41 Å². The van der Waals surface area contributed by atoms with Crippen molar-refractivity contribution in [3.05, 3.63) is 16.1 Å². The van der Waals surface area contributed by atoms with Gasteiger partial charge in [-0.25, -0.2) is 4.98 Å². The van der Waals surface area contributed by atoms with Crippen molar-refractivity contribution < 1.29 is 4.79 Å². The molecular weight excluding hydrogens is 294 g/mol. The van der Waals surface area contributed by atoms with Gasteiger partial charge in [0, 0.05) is 24.4 Å². The predicted molar refractivity (Wildman–Crippen MR) is 86.6 cm³/mol. The highest BCUT2D eigenvalue weighted by atomic mass is 32.1. The molecule has 1 saturated carbocycles. The molecule has 1 aromatic heterocycles. The molecule has 0 N–H and O–H groups in total. The monoisotopic (exact) mass is 317 g/mol. The Morgan fingerprint density at radius 3 is 2.91 bits per heavy atom. The van der Waals surface area contributed by atoms with Crippen LogP contribution in [-0.2, 0) is 11.2 Å². The van der Waals surface area contributed by atoms with Gasteiger partial charge in [0.05, 0.1) is 16.8 Å². The summed E-state index contributed by atoms with van der Waals surface area (Å²) < 4.78 is 0. The number of hydrogen-bond acceptors (Lipinski definition) is 4. The number of nitriles is 1. The van der Waals surface area contributed by atoms with E-state index in [2.05, 4.69) is 18.4 Å². The molecule has 1 atom stereocenters. The summed E-state index contributed by atoms with van der Waals surface area (Å²) in [7, 11) is 0. The van der Waals surface area contributed by atoms with Crippen LogP contribution < -0.4 is 0 Å². The number of carbonyl (C=O) groups excluding carboxylic acids is 1. The van der Waals surface area contributed by atoms with E-state index in [0.29, 0.717) is 5.92 Å². The van der Waals surface area contributed by atoms with Gasteiger partial charge >= 0.3 is 0 Å². The number of nitrogens with zero attached hydrogens (tertiary/aromatic N) is 3. The van der Waals surface area contributed by atoms with Crippen LogP contribution >= 0.6 is 11.3 Å². The fourth-order valence-corrected chi connectivity index (χ4v) is 4.72. The molecule has 0 aromatic carbocycles. The molecule has 0 spiro atoms. The van der Waals surface area contributed by atoms with Crippen molar-refractivity contribution >= 4 is 17.2 Å². The number of amides is 1. The number of likely N-dealkylation sites (tertiary alicyclic amines) is 1. The van der Waals surface area contributed by atoms with Crippen LogP contribution in [0.4, 0.5) is 0 Å². The molecule has 0 bridgehead atoms. The van der Waals surface area contributed by atoms with Crippen LogP contribution in [0.15, 0.2) is 5.38 Å². The second kappa shape index (κ2) is 6.37. The number of thiazole rings is 1. The van der Waals surface area contributed by atoms with Crippen LogP contribution in [0, 0.1) is 16.7 Å². The highest BCUT2D eigenvalue weighted by Gasteiger charge is 2.45. The van der Waals surface area contributed by atoms with Gasteiger partial charge in [-0.1, -0.05) is 19.8 Å². The zero-order chi connectivity index (χ0) is 15.6. The van der Waals surface area contributed by atoms with Crippen LogP contribution in [0.25, 0.3) is 0 Å². The van der Waals surface area contributed by atoms with Crippen LogP contribution in [0.5, 0.6) is 0 Å². The van der Waals surface area contributed by atoms with Gasteiger partial charge in [-0.3, -0.25) is 4.79 Å². The fraction of sp³-hybridized carbons (Fsp3) is 0.706. The van der Waals surface area contributed by atoms with Gasteiger partial charge in [0.25, 0.3) is 0 Å². The summed E-state index contributed by atoms with van der Waals surface area (Å²) in [5, 5.41) is 12.8. The van der Waals surface area contributed by atoms with Crippen LogP contribution in [0.2, 0.25) is 0 Å². The zero-order valence-electron chi connectivity index (χ0n) is 13.2. The quantitative estimate of drug-likeness (QED) is 0.857. The van der Waals surface area contributed by atoms with Crippen molar-refractivity contribution in [3.8, 4) is 6.07 Å². The average Bonchev–Trinajstić information content (AvgIpc) is 3.24. The number of aromatic nitrogens is 1. The first kappa shape index (κ1) is 15.5. The molecule has 4 nitrogen and oxygen atoms in total. The molecular formula is C17H23N3OS. The smallest absolute Gasteiger partial charge is 0.243 e. The Morgan fingerprint density at radius 2 is 2.27 bits per heavy atom. The lowest BCUT2D eigenvalue weighted by Crippen LogP contribution is -2.46. The number of piperidine rings is 1. The summed E-state index contributed by atoms with van der Waals surface area (Å²) in [5.74, 6) is 0.421. The normalized spacial score (nSPS) is 24.2. The van der Waals surface area contributed by atoms with Crippen LogP contribution in [-0.4, -0.2) is 28.9 Å². The Bertz CT molecular complexity index is 583. The second-order valence-electron chi connectivity index (χ2n) is 6.52. The fourth-order valence-electron chi connectivity index (χ4n) is 3.69. The highest BCUT2D eigenvalue weighted by molar-refractivity contribution is 7.09.